The highest BCUT2D eigenvalue weighted by atomic mass is 16.5. The standard InChI is InChI=1S/C14H23N5O2/c1-11(2)17-5-4-14(8-17)9-21-7-6-18(14)13(20)19-10-15-12(3)16-19/h10-11H,4-9H2,1-3H3. The summed E-state index contributed by atoms with van der Waals surface area (Å²) in [7, 11) is 0. The van der Waals surface area contributed by atoms with E-state index in [1.807, 2.05) is 4.90 Å². The van der Waals surface area contributed by atoms with E-state index in [9.17, 15) is 4.79 Å². The van der Waals surface area contributed by atoms with Crippen LogP contribution in [0.1, 0.15) is 26.1 Å². The van der Waals surface area contributed by atoms with E-state index in [4.69, 9.17) is 4.74 Å². The zero-order valence-corrected chi connectivity index (χ0v) is 12.9. The first-order valence-corrected chi connectivity index (χ1v) is 7.54. The number of hydrogen-bond donors (Lipinski definition) is 0. The molecule has 0 aliphatic carbocycles. The molecule has 0 radical (unpaired) electrons. The SMILES string of the molecule is Cc1ncn(C(=O)N2CCOCC23CCN(C(C)C)C3)n1. The van der Waals surface area contributed by atoms with Crippen LogP contribution in [0.2, 0.25) is 0 Å². The Bertz CT molecular complexity index is 529. The quantitative estimate of drug-likeness (QED) is 0.764. The van der Waals surface area contributed by atoms with Crippen molar-refractivity contribution in [1.29, 1.82) is 0 Å². The largest absolute Gasteiger partial charge is 0.377 e. The van der Waals surface area contributed by atoms with E-state index < -0.39 is 0 Å². The maximum absolute atomic E-state index is 12.8. The van der Waals surface area contributed by atoms with Gasteiger partial charge in [-0.25, -0.2) is 9.78 Å². The fraction of sp³-hybridized carbons (Fsp3) is 0.786. The lowest BCUT2D eigenvalue weighted by atomic mass is 9.96. The normalized spacial score (nSPS) is 27.0. The Hall–Kier alpha value is -1.47. The van der Waals surface area contributed by atoms with E-state index in [0.717, 1.165) is 19.5 Å². The van der Waals surface area contributed by atoms with E-state index in [1.54, 1.807) is 6.92 Å². The first kappa shape index (κ1) is 14.5. The van der Waals surface area contributed by atoms with Gasteiger partial charge in [-0.2, -0.15) is 4.68 Å². The van der Waals surface area contributed by atoms with Gasteiger partial charge < -0.3 is 9.64 Å². The summed E-state index contributed by atoms with van der Waals surface area (Å²) in [6.07, 6.45) is 2.45. The molecule has 3 heterocycles. The zero-order valence-electron chi connectivity index (χ0n) is 12.9. The number of nitrogens with zero attached hydrogens (tertiary/aromatic N) is 5. The Morgan fingerprint density at radius 3 is 2.86 bits per heavy atom. The van der Waals surface area contributed by atoms with Gasteiger partial charge in [0.25, 0.3) is 0 Å². The highest BCUT2D eigenvalue weighted by molar-refractivity contribution is 5.76. The van der Waals surface area contributed by atoms with Gasteiger partial charge >= 0.3 is 6.03 Å². The predicted molar refractivity (Wildman–Crippen MR) is 77.1 cm³/mol. The summed E-state index contributed by atoms with van der Waals surface area (Å²) >= 11 is 0. The molecule has 2 fully saturated rings. The molecule has 2 aliphatic heterocycles. The summed E-state index contributed by atoms with van der Waals surface area (Å²) in [5.74, 6) is 0.612. The van der Waals surface area contributed by atoms with Gasteiger partial charge in [0.15, 0.2) is 0 Å². The maximum Gasteiger partial charge on any atom is 0.346 e. The summed E-state index contributed by atoms with van der Waals surface area (Å²) < 4.78 is 7.04. The van der Waals surface area contributed by atoms with E-state index in [0.29, 0.717) is 31.6 Å². The second-order valence-corrected chi connectivity index (χ2v) is 6.26. The van der Waals surface area contributed by atoms with Crippen molar-refractivity contribution in [3.63, 3.8) is 0 Å². The molecule has 1 aromatic rings. The lowest BCUT2D eigenvalue weighted by Gasteiger charge is -2.44. The molecule has 0 saturated carbocycles. The van der Waals surface area contributed by atoms with Gasteiger partial charge in [0.05, 0.1) is 18.8 Å². The molecule has 0 N–H and O–H groups in total. The highest BCUT2D eigenvalue weighted by Gasteiger charge is 2.48. The summed E-state index contributed by atoms with van der Waals surface area (Å²) in [6.45, 7) is 9.84. The third kappa shape index (κ3) is 2.55. The van der Waals surface area contributed by atoms with E-state index in [-0.39, 0.29) is 11.6 Å². The fourth-order valence-corrected chi connectivity index (χ4v) is 3.26. The molecule has 1 amide bonds. The minimum Gasteiger partial charge on any atom is -0.377 e. The number of aryl methyl sites for hydroxylation is 1. The van der Waals surface area contributed by atoms with Crippen LogP contribution in [0.5, 0.6) is 0 Å². The minimum atomic E-state index is -0.223. The van der Waals surface area contributed by atoms with Crippen molar-refractivity contribution in [3.8, 4) is 0 Å². The molecule has 1 aromatic heterocycles. The average molecular weight is 293 g/mol. The van der Waals surface area contributed by atoms with Crippen LogP contribution in [0, 0.1) is 6.92 Å². The summed E-state index contributed by atoms with van der Waals surface area (Å²) in [4.78, 5) is 21.2. The summed E-state index contributed by atoms with van der Waals surface area (Å²) in [6, 6.07) is 0.390. The van der Waals surface area contributed by atoms with Crippen LogP contribution in [-0.2, 0) is 4.74 Å². The fourth-order valence-electron chi connectivity index (χ4n) is 3.26. The van der Waals surface area contributed by atoms with Crippen LogP contribution < -0.4 is 0 Å². The van der Waals surface area contributed by atoms with Crippen molar-refractivity contribution in [3.05, 3.63) is 12.2 Å². The van der Waals surface area contributed by atoms with Crippen LogP contribution in [0.3, 0.4) is 0 Å². The Kier molecular flexibility index (Phi) is 3.71. The lowest BCUT2D eigenvalue weighted by molar-refractivity contribution is -0.0416. The van der Waals surface area contributed by atoms with Crippen LogP contribution in [0.15, 0.2) is 6.33 Å². The van der Waals surface area contributed by atoms with Crippen molar-refractivity contribution in [1.82, 2.24) is 24.6 Å². The smallest absolute Gasteiger partial charge is 0.346 e. The number of amides is 1. The number of morpholine rings is 1. The molecule has 3 rings (SSSR count). The third-order valence-corrected chi connectivity index (χ3v) is 4.53. The maximum atomic E-state index is 12.8. The first-order valence-electron chi connectivity index (χ1n) is 7.54. The number of carbonyl (C=O) groups excluding carboxylic acids is 1. The topological polar surface area (TPSA) is 63.5 Å². The van der Waals surface area contributed by atoms with Gasteiger partial charge in [0.1, 0.15) is 12.2 Å². The van der Waals surface area contributed by atoms with Gasteiger partial charge in [-0.1, -0.05) is 0 Å². The van der Waals surface area contributed by atoms with Crippen molar-refractivity contribution >= 4 is 6.03 Å². The number of ether oxygens (including phenoxy) is 1. The van der Waals surface area contributed by atoms with Crippen molar-refractivity contribution in [2.24, 2.45) is 0 Å². The second kappa shape index (κ2) is 5.38. The molecule has 116 valence electrons. The van der Waals surface area contributed by atoms with Crippen LogP contribution in [0.25, 0.3) is 0 Å². The number of carbonyl (C=O) groups is 1. The molecule has 2 aliphatic rings. The van der Waals surface area contributed by atoms with E-state index in [1.165, 1.54) is 11.0 Å². The molecule has 21 heavy (non-hydrogen) atoms. The zero-order chi connectivity index (χ0) is 15.0. The Morgan fingerprint density at radius 1 is 1.43 bits per heavy atom. The number of rotatable bonds is 1. The molecular formula is C14H23N5O2. The molecule has 7 nitrogen and oxygen atoms in total. The van der Waals surface area contributed by atoms with E-state index >= 15 is 0 Å². The van der Waals surface area contributed by atoms with E-state index in [2.05, 4.69) is 28.8 Å². The Balaban J connectivity index is 1.84. The molecule has 0 aromatic carbocycles. The second-order valence-electron chi connectivity index (χ2n) is 6.26. The Labute approximate surface area is 124 Å². The highest BCUT2D eigenvalue weighted by Crippen LogP contribution is 2.32. The van der Waals surface area contributed by atoms with Crippen molar-refractivity contribution < 1.29 is 9.53 Å². The average Bonchev–Trinajstić information content (AvgIpc) is 3.06. The Morgan fingerprint density at radius 2 is 2.24 bits per heavy atom. The monoisotopic (exact) mass is 293 g/mol. The van der Waals surface area contributed by atoms with Crippen molar-refractivity contribution in [2.45, 2.75) is 38.8 Å². The summed E-state index contributed by atoms with van der Waals surface area (Å²) in [5, 5.41) is 4.15. The molecule has 1 atom stereocenters. The first-order chi connectivity index (χ1) is 10.0. The lowest BCUT2D eigenvalue weighted by Crippen LogP contribution is -2.61. The third-order valence-electron chi connectivity index (χ3n) is 4.53. The van der Waals surface area contributed by atoms with Gasteiger partial charge in [-0.15, -0.1) is 5.10 Å². The number of aromatic nitrogens is 3. The molecule has 1 spiro atoms. The molecule has 7 heteroatoms. The number of hydrogen-bond acceptors (Lipinski definition) is 5. The van der Waals surface area contributed by atoms with Gasteiger partial charge in [0.2, 0.25) is 0 Å². The molecule has 0 bridgehead atoms. The predicted octanol–water partition coefficient (Wildman–Crippen LogP) is 0.740. The van der Waals surface area contributed by atoms with Gasteiger partial charge in [0, 0.05) is 25.7 Å². The minimum absolute atomic E-state index is 0.0930. The summed E-state index contributed by atoms with van der Waals surface area (Å²) in [5.41, 5.74) is -0.223. The van der Waals surface area contributed by atoms with Crippen LogP contribution in [-0.4, -0.2) is 75.0 Å². The van der Waals surface area contributed by atoms with Crippen LogP contribution >= 0.6 is 0 Å². The number of likely N-dealkylation sites (tertiary alicyclic amines) is 1. The molecule has 2 saturated heterocycles. The van der Waals surface area contributed by atoms with Gasteiger partial charge in [-0.3, -0.25) is 4.90 Å². The molecule has 1 unspecified atom stereocenters. The van der Waals surface area contributed by atoms with Crippen LogP contribution in [0.4, 0.5) is 4.79 Å². The van der Waals surface area contributed by atoms with Crippen molar-refractivity contribution in [2.75, 3.05) is 32.8 Å². The van der Waals surface area contributed by atoms with Gasteiger partial charge in [-0.05, 0) is 27.2 Å². The molecular weight excluding hydrogens is 270 g/mol.